The number of ether oxygens (including phenoxy) is 1. The molecule has 0 aliphatic heterocycles. The Morgan fingerprint density at radius 3 is 1.53 bits per heavy atom. The van der Waals surface area contributed by atoms with Crippen molar-refractivity contribution in [3.8, 4) is 0 Å². The molecule has 0 bridgehead atoms. The van der Waals surface area contributed by atoms with Crippen LogP contribution in [0.3, 0.4) is 0 Å². The number of amides is 1. The van der Waals surface area contributed by atoms with E-state index in [4.69, 9.17) is 4.74 Å². The molecule has 0 aromatic rings. The van der Waals surface area contributed by atoms with Crippen LogP contribution in [-0.4, -0.2) is 46.9 Å². The fourth-order valence-corrected chi connectivity index (χ4v) is 7.59. The van der Waals surface area contributed by atoms with Crippen molar-refractivity contribution in [2.24, 2.45) is 0 Å². The number of unbranched alkanes of at least 4 members (excludes halogenated alkanes) is 25. The van der Waals surface area contributed by atoms with Crippen LogP contribution in [0.4, 0.5) is 0 Å². The fourth-order valence-electron chi connectivity index (χ4n) is 7.59. The van der Waals surface area contributed by atoms with E-state index in [1.165, 1.54) is 96.3 Å². The van der Waals surface area contributed by atoms with Gasteiger partial charge in [0.2, 0.25) is 5.91 Å². The summed E-state index contributed by atoms with van der Waals surface area (Å²) < 4.78 is 5.91. The van der Waals surface area contributed by atoms with Gasteiger partial charge in [-0.2, -0.15) is 0 Å². The number of aliphatic hydroxyl groups excluding tert-OH is 2. The predicted molar refractivity (Wildman–Crippen MR) is 259 cm³/mol. The topological polar surface area (TPSA) is 95.9 Å². The molecule has 0 heterocycles. The van der Waals surface area contributed by atoms with Crippen LogP contribution in [-0.2, 0) is 14.3 Å². The molecule has 0 spiro atoms. The highest BCUT2D eigenvalue weighted by atomic mass is 16.5. The molecule has 0 aromatic heterocycles. The van der Waals surface area contributed by atoms with Crippen molar-refractivity contribution < 1.29 is 24.5 Å². The Kier molecular flexibility index (Phi) is 45.7. The highest BCUT2D eigenvalue weighted by Gasteiger charge is 2.24. The van der Waals surface area contributed by atoms with E-state index in [1.807, 2.05) is 0 Å². The molecule has 3 unspecified atom stereocenters. The van der Waals surface area contributed by atoms with E-state index in [2.05, 4.69) is 86.8 Å². The number of carbonyl (C=O) groups is 2. The number of aliphatic hydroxyl groups is 2. The molecule has 0 aliphatic rings. The molecular weight excluding hydrogens is 743 g/mol. The quantitative estimate of drug-likeness (QED) is 0.0246. The third-order valence-corrected chi connectivity index (χ3v) is 11.4. The van der Waals surface area contributed by atoms with Gasteiger partial charge in [0.05, 0.1) is 25.2 Å². The number of esters is 1. The molecule has 6 heteroatoms. The Morgan fingerprint density at radius 1 is 0.517 bits per heavy atom. The molecule has 0 fully saturated rings. The second kappa shape index (κ2) is 47.6. The first-order valence-corrected chi connectivity index (χ1v) is 25.5. The van der Waals surface area contributed by atoms with Gasteiger partial charge in [-0.1, -0.05) is 223 Å². The van der Waals surface area contributed by atoms with E-state index in [1.54, 1.807) is 0 Å². The lowest BCUT2D eigenvalue weighted by molar-refractivity contribution is -0.151. The van der Waals surface area contributed by atoms with Crippen LogP contribution in [0.2, 0.25) is 0 Å². The lowest BCUT2D eigenvalue weighted by atomic mass is 10.0. The van der Waals surface area contributed by atoms with Gasteiger partial charge in [0.1, 0.15) is 6.10 Å². The highest BCUT2D eigenvalue weighted by Crippen LogP contribution is 2.18. The summed E-state index contributed by atoms with van der Waals surface area (Å²) in [6, 6.07) is -0.711. The SMILES string of the molecule is CC/C=C/C=C/C=C\CCCCCCCC(=O)OC(CCCCCCC/C=C/C/C=C/CC)CC(=O)NC(CO)C(O)CCCCCCCCCCCCCCCCCC. The molecule has 0 aliphatic carbocycles. The van der Waals surface area contributed by atoms with Gasteiger partial charge in [-0.3, -0.25) is 9.59 Å². The Hall–Kier alpha value is -2.44. The van der Waals surface area contributed by atoms with Gasteiger partial charge in [-0.15, -0.1) is 0 Å². The van der Waals surface area contributed by atoms with Gasteiger partial charge < -0.3 is 20.3 Å². The number of rotatable bonds is 45. The molecular formula is C54H97NO5. The van der Waals surface area contributed by atoms with E-state index >= 15 is 0 Å². The maximum Gasteiger partial charge on any atom is 0.306 e. The number of hydrogen-bond donors (Lipinski definition) is 3. The van der Waals surface area contributed by atoms with Gasteiger partial charge in [-0.05, 0) is 70.6 Å². The molecule has 1 amide bonds. The van der Waals surface area contributed by atoms with Gasteiger partial charge in [0.15, 0.2) is 0 Å². The number of allylic oxidation sites excluding steroid dienone is 10. The zero-order valence-corrected chi connectivity index (χ0v) is 39.6. The molecule has 6 nitrogen and oxygen atoms in total. The van der Waals surface area contributed by atoms with Crippen LogP contribution >= 0.6 is 0 Å². The monoisotopic (exact) mass is 840 g/mol. The highest BCUT2D eigenvalue weighted by molar-refractivity contribution is 5.77. The van der Waals surface area contributed by atoms with E-state index in [0.717, 1.165) is 103 Å². The molecule has 0 aromatic carbocycles. The Balaban J connectivity index is 4.55. The first-order chi connectivity index (χ1) is 29.5. The zero-order chi connectivity index (χ0) is 43.8. The van der Waals surface area contributed by atoms with Crippen LogP contribution < -0.4 is 5.32 Å². The van der Waals surface area contributed by atoms with Crippen LogP contribution in [0, 0.1) is 0 Å². The second-order valence-corrected chi connectivity index (χ2v) is 17.2. The molecule has 0 saturated heterocycles. The van der Waals surface area contributed by atoms with Crippen molar-refractivity contribution in [2.45, 2.75) is 264 Å². The van der Waals surface area contributed by atoms with Crippen molar-refractivity contribution in [3.05, 3.63) is 60.8 Å². The van der Waals surface area contributed by atoms with Crippen LogP contribution in [0.25, 0.3) is 0 Å². The minimum atomic E-state index is -0.796. The largest absolute Gasteiger partial charge is 0.462 e. The molecule has 348 valence electrons. The second-order valence-electron chi connectivity index (χ2n) is 17.2. The van der Waals surface area contributed by atoms with Crippen LogP contribution in [0.15, 0.2) is 60.8 Å². The minimum Gasteiger partial charge on any atom is -0.462 e. The molecule has 0 rings (SSSR count). The van der Waals surface area contributed by atoms with Crippen LogP contribution in [0.1, 0.15) is 245 Å². The van der Waals surface area contributed by atoms with Gasteiger partial charge in [-0.25, -0.2) is 0 Å². The maximum atomic E-state index is 13.2. The summed E-state index contributed by atoms with van der Waals surface area (Å²) in [6.07, 6.45) is 58.5. The third kappa shape index (κ3) is 42.3. The number of nitrogens with one attached hydrogen (secondary N) is 1. The Morgan fingerprint density at radius 2 is 0.983 bits per heavy atom. The summed E-state index contributed by atoms with van der Waals surface area (Å²) >= 11 is 0. The number of hydrogen-bond acceptors (Lipinski definition) is 5. The normalized spacial score (nSPS) is 13.8. The predicted octanol–water partition coefficient (Wildman–Crippen LogP) is 15.2. The zero-order valence-electron chi connectivity index (χ0n) is 39.6. The van der Waals surface area contributed by atoms with Crippen LogP contribution in [0.5, 0.6) is 0 Å². The minimum absolute atomic E-state index is 0.0584. The van der Waals surface area contributed by atoms with Gasteiger partial charge in [0, 0.05) is 6.42 Å². The summed E-state index contributed by atoms with van der Waals surface area (Å²) in [6.45, 7) is 6.24. The average molecular weight is 840 g/mol. The summed E-state index contributed by atoms with van der Waals surface area (Å²) in [5.41, 5.74) is 0. The summed E-state index contributed by atoms with van der Waals surface area (Å²) in [7, 11) is 0. The standard InChI is InChI=1S/C54H97NO5/c1-4-7-10-13-16-19-22-25-26-27-29-31-34-37-40-43-46-52(57)51(49-56)55-53(58)48-50(45-42-39-36-33-30-24-21-18-15-12-9-6-3)60-54(59)47-44-41-38-35-32-28-23-20-17-14-11-8-5-2/h8-9,11-12,14,17-18,20-21,23,50-52,56-57H,4-7,10,13,15-16,19,22,24-49H2,1-3H3,(H,55,58)/b11-8+,12-9+,17-14+,21-18+,23-20-. The molecule has 3 N–H and O–H groups in total. The maximum absolute atomic E-state index is 13.2. The van der Waals surface area contributed by atoms with E-state index < -0.39 is 18.2 Å². The van der Waals surface area contributed by atoms with E-state index in [0.29, 0.717) is 19.3 Å². The fraction of sp³-hybridized carbons (Fsp3) is 0.778. The number of carbonyl (C=O) groups excluding carboxylic acids is 2. The van der Waals surface area contributed by atoms with Gasteiger partial charge >= 0.3 is 5.97 Å². The van der Waals surface area contributed by atoms with E-state index in [9.17, 15) is 19.8 Å². The molecule has 0 saturated carbocycles. The Labute approximate surface area is 371 Å². The van der Waals surface area contributed by atoms with Crippen molar-refractivity contribution >= 4 is 11.9 Å². The van der Waals surface area contributed by atoms with Crippen molar-refractivity contribution in [2.75, 3.05) is 6.61 Å². The summed E-state index contributed by atoms with van der Waals surface area (Å²) in [5.74, 6) is -0.511. The van der Waals surface area contributed by atoms with Gasteiger partial charge in [0.25, 0.3) is 0 Å². The molecule has 3 atom stereocenters. The van der Waals surface area contributed by atoms with E-state index in [-0.39, 0.29) is 24.9 Å². The molecule has 0 radical (unpaired) electrons. The third-order valence-electron chi connectivity index (χ3n) is 11.4. The first-order valence-electron chi connectivity index (χ1n) is 25.5. The summed E-state index contributed by atoms with van der Waals surface area (Å²) in [4.78, 5) is 26.1. The molecule has 60 heavy (non-hydrogen) atoms. The average Bonchev–Trinajstić information content (AvgIpc) is 3.24. The lowest BCUT2D eigenvalue weighted by Crippen LogP contribution is -2.46. The first kappa shape index (κ1) is 57.6. The lowest BCUT2D eigenvalue weighted by Gasteiger charge is -2.24. The van der Waals surface area contributed by atoms with Crippen molar-refractivity contribution in [1.82, 2.24) is 5.32 Å². The summed E-state index contributed by atoms with van der Waals surface area (Å²) in [5, 5.41) is 23.8. The van der Waals surface area contributed by atoms with Crippen molar-refractivity contribution in [3.63, 3.8) is 0 Å². The van der Waals surface area contributed by atoms with Crippen molar-refractivity contribution in [1.29, 1.82) is 0 Å². The smallest absolute Gasteiger partial charge is 0.306 e. The Bertz CT molecular complexity index is 1080.